The van der Waals surface area contributed by atoms with E-state index >= 15 is 0 Å². The molecule has 0 spiro atoms. The van der Waals surface area contributed by atoms with Crippen LogP contribution in [0.25, 0.3) is 10.8 Å². The summed E-state index contributed by atoms with van der Waals surface area (Å²) >= 11 is 0. The van der Waals surface area contributed by atoms with Gasteiger partial charge in [-0.3, -0.25) is 4.79 Å². The Labute approximate surface area is 159 Å². The first kappa shape index (κ1) is 16.8. The third-order valence-corrected chi connectivity index (χ3v) is 6.24. The highest BCUT2D eigenvalue weighted by atomic mass is 16.1. The van der Waals surface area contributed by atoms with Gasteiger partial charge in [-0.1, -0.05) is 12.1 Å². The van der Waals surface area contributed by atoms with Gasteiger partial charge in [0.05, 0.1) is 5.69 Å². The molecule has 2 aromatic heterocycles. The Kier molecular flexibility index (Phi) is 4.12. The quantitative estimate of drug-likeness (QED) is 0.762. The molecule has 2 aliphatic rings. The number of piperidine rings is 1. The molecule has 140 valence electrons. The highest BCUT2D eigenvalue weighted by Gasteiger charge is 2.22. The summed E-state index contributed by atoms with van der Waals surface area (Å²) in [4.78, 5) is 17.6. The lowest BCUT2D eigenvalue weighted by atomic mass is 9.90. The van der Waals surface area contributed by atoms with Crippen LogP contribution in [-0.4, -0.2) is 27.2 Å². The van der Waals surface area contributed by atoms with Crippen LogP contribution >= 0.6 is 0 Å². The van der Waals surface area contributed by atoms with Gasteiger partial charge in [0.15, 0.2) is 0 Å². The van der Waals surface area contributed by atoms with Crippen molar-refractivity contribution in [1.29, 1.82) is 0 Å². The lowest BCUT2D eigenvalue weighted by Gasteiger charge is -2.26. The van der Waals surface area contributed by atoms with Crippen LogP contribution in [0.2, 0.25) is 0 Å². The Hall–Kier alpha value is -2.40. The summed E-state index contributed by atoms with van der Waals surface area (Å²) in [5.74, 6) is 1.69. The van der Waals surface area contributed by atoms with Crippen molar-refractivity contribution in [3.63, 3.8) is 0 Å². The molecule has 5 rings (SSSR count). The molecule has 0 amide bonds. The van der Waals surface area contributed by atoms with Crippen molar-refractivity contribution >= 4 is 10.8 Å². The fourth-order valence-corrected chi connectivity index (χ4v) is 4.77. The Morgan fingerprint density at radius 3 is 2.85 bits per heavy atom. The van der Waals surface area contributed by atoms with E-state index in [0.717, 1.165) is 61.8 Å². The van der Waals surface area contributed by atoms with Gasteiger partial charge < -0.3 is 14.5 Å². The molecule has 0 radical (unpaired) electrons. The number of pyridine rings is 1. The minimum atomic E-state index is 0.155. The third-order valence-electron chi connectivity index (χ3n) is 6.24. The zero-order valence-electron chi connectivity index (χ0n) is 15.8. The topological polar surface area (TPSA) is 51.9 Å². The normalized spacial score (nSPS) is 20.7. The molecule has 5 heteroatoms. The average molecular weight is 362 g/mol. The second kappa shape index (κ2) is 6.64. The Morgan fingerprint density at radius 1 is 1.15 bits per heavy atom. The molecule has 0 aliphatic carbocycles. The van der Waals surface area contributed by atoms with Gasteiger partial charge in [0.25, 0.3) is 5.56 Å². The maximum absolute atomic E-state index is 13.0. The maximum atomic E-state index is 13.0. The van der Waals surface area contributed by atoms with E-state index in [4.69, 9.17) is 0 Å². The average Bonchev–Trinajstić information content (AvgIpc) is 3.08. The number of fused-ring (bicyclic) bond motifs is 2. The molecule has 1 saturated heterocycles. The number of imidazole rings is 1. The van der Waals surface area contributed by atoms with Gasteiger partial charge >= 0.3 is 0 Å². The predicted molar refractivity (Wildman–Crippen MR) is 107 cm³/mol. The second-order valence-electron chi connectivity index (χ2n) is 8.04. The van der Waals surface area contributed by atoms with E-state index in [2.05, 4.69) is 46.2 Å². The van der Waals surface area contributed by atoms with Crippen LogP contribution in [0.1, 0.15) is 48.3 Å². The van der Waals surface area contributed by atoms with Gasteiger partial charge in [0.2, 0.25) is 0 Å². The Balaban J connectivity index is 1.47. The van der Waals surface area contributed by atoms with Gasteiger partial charge in [0, 0.05) is 42.7 Å². The van der Waals surface area contributed by atoms with Gasteiger partial charge in [0.1, 0.15) is 5.82 Å². The smallest absolute Gasteiger partial charge is 0.258 e. The first-order chi connectivity index (χ1) is 13.2. The minimum absolute atomic E-state index is 0.155. The molecular weight excluding hydrogens is 336 g/mol. The van der Waals surface area contributed by atoms with Crippen molar-refractivity contribution in [3.05, 3.63) is 64.1 Å². The summed E-state index contributed by atoms with van der Waals surface area (Å²) in [6.07, 6.45) is 8.35. The SMILES string of the molecule is Cc1cn2c(n1)CCC(c1ccc3c(=O)n(C4CCNCC4)ccc3c1)C2. The van der Waals surface area contributed by atoms with Crippen LogP contribution in [0.15, 0.2) is 41.5 Å². The molecule has 1 fully saturated rings. The predicted octanol–water partition coefficient (Wildman–Crippen LogP) is 3.16. The van der Waals surface area contributed by atoms with Crippen molar-refractivity contribution in [3.8, 4) is 0 Å². The summed E-state index contributed by atoms with van der Waals surface area (Å²) in [7, 11) is 0. The molecule has 1 unspecified atom stereocenters. The highest BCUT2D eigenvalue weighted by Crippen LogP contribution is 2.30. The number of benzene rings is 1. The monoisotopic (exact) mass is 362 g/mol. The number of nitrogens with one attached hydrogen (secondary N) is 1. The number of nitrogens with zero attached hydrogens (tertiary/aromatic N) is 3. The molecule has 5 nitrogen and oxygen atoms in total. The zero-order valence-corrected chi connectivity index (χ0v) is 15.8. The van der Waals surface area contributed by atoms with Crippen LogP contribution in [0, 0.1) is 6.92 Å². The number of rotatable bonds is 2. The Bertz CT molecular complexity index is 1040. The van der Waals surface area contributed by atoms with E-state index in [-0.39, 0.29) is 5.56 Å². The number of hydrogen-bond donors (Lipinski definition) is 1. The summed E-state index contributed by atoms with van der Waals surface area (Å²) in [5, 5.41) is 5.28. The van der Waals surface area contributed by atoms with Crippen LogP contribution in [-0.2, 0) is 13.0 Å². The van der Waals surface area contributed by atoms with Crippen LogP contribution in [0.5, 0.6) is 0 Å². The van der Waals surface area contributed by atoms with E-state index < -0.39 is 0 Å². The van der Waals surface area contributed by atoms with Crippen molar-refractivity contribution in [2.45, 2.75) is 51.1 Å². The van der Waals surface area contributed by atoms with Crippen LogP contribution in [0.3, 0.4) is 0 Å². The molecular formula is C22H26N4O. The largest absolute Gasteiger partial charge is 0.334 e. The summed E-state index contributed by atoms with van der Waals surface area (Å²) in [6.45, 7) is 5.02. The molecule has 1 aromatic carbocycles. The molecule has 0 bridgehead atoms. The summed E-state index contributed by atoms with van der Waals surface area (Å²) < 4.78 is 4.24. The molecule has 2 aliphatic heterocycles. The van der Waals surface area contributed by atoms with E-state index in [1.54, 1.807) is 0 Å². The third kappa shape index (κ3) is 3.00. The van der Waals surface area contributed by atoms with Gasteiger partial charge in [-0.2, -0.15) is 0 Å². The second-order valence-corrected chi connectivity index (χ2v) is 8.04. The van der Waals surface area contributed by atoms with E-state index in [9.17, 15) is 4.79 Å². The first-order valence-corrected chi connectivity index (χ1v) is 10.1. The van der Waals surface area contributed by atoms with E-state index in [1.807, 2.05) is 16.8 Å². The first-order valence-electron chi connectivity index (χ1n) is 10.1. The number of aryl methyl sites for hydroxylation is 2. The van der Waals surface area contributed by atoms with Gasteiger partial charge in [-0.25, -0.2) is 4.98 Å². The molecule has 4 heterocycles. The fraction of sp³-hybridized carbons (Fsp3) is 0.455. The van der Waals surface area contributed by atoms with Crippen LogP contribution in [0.4, 0.5) is 0 Å². The van der Waals surface area contributed by atoms with Crippen LogP contribution < -0.4 is 10.9 Å². The molecule has 27 heavy (non-hydrogen) atoms. The maximum Gasteiger partial charge on any atom is 0.258 e. The molecule has 1 atom stereocenters. The van der Waals surface area contributed by atoms with Crippen molar-refractivity contribution in [2.24, 2.45) is 0 Å². The minimum Gasteiger partial charge on any atom is -0.334 e. The van der Waals surface area contributed by atoms with E-state index in [0.29, 0.717) is 12.0 Å². The fourth-order valence-electron chi connectivity index (χ4n) is 4.77. The van der Waals surface area contributed by atoms with Crippen molar-refractivity contribution in [1.82, 2.24) is 19.4 Å². The van der Waals surface area contributed by atoms with Crippen molar-refractivity contribution in [2.75, 3.05) is 13.1 Å². The lowest BCUT2D eigenvalue weighted by molar-refractivity contribution is 0.362. The molecule has 3 aromatic rings. The zero-order chi connectivity index (χ0) is 18.4. The number of aromatic nitrogens is 3. The molecule has 1 N–H and O–H groups in total. The van der Waals surface area contributed by atoms with E-state index in [1.165, 1.54) is 11.4 Å². The number of hydrogen-bond acceptors (Lipinski definition) is 3. The summed E-state index contributed by atoms with van der Waals surface area (Å²) in [5.41, 5.74) is 2.59. The Morgan fingerprint density at radius 2 is 2.00 bits per heavy atom. The van der Waals surface area contributed by atoms with Gasteiger partial charge in [-0.05, 0) is 62.4 Å². The highest BCUT2D eigenvalue weighted by molar-refractivity contribution is 5.82. The van der Waals surface area contributed by atoms with Crippen molar-refractivity contribution < 1.29 is 0 Å². The lowest BCUT2D eigenvalue weighted by Crippen LogP contribution is -2.34. The van der Waals surface area contributed by atoms with Gasteiger partial charge in [-0.15, -0.1) is 0 Å². The summed E-state index contributed by atoms with van der Waals surface area (Å²) in [6, 6.07) is 8.87. The standard InChI is InChI=1S/C22H26N4O/c1-15-13-25-14-18(3-5-21(25)24-15)16-2-4-20-17(12-16)8-11-26(22(20)27)19-6-9-23-10-7-19/h2,4,8,11-13,18-19,23H,3,5-7,9-10,14H2,1H3. The molecule has 0 saturated carbocycles.